The van der Waals surface area contributed by atoms with Crippen LogP contribution in [-0.2, 0) is 6.54 Å². The summed E-state index contributed by atoms with van der Waals surface area (Å²) in [6, 6.07) is 0. The van der Waals surface area contributed by atoms with Gasteiger partial charge in [0.25, 0.3) is 0 Å². The molecule has 2 heterocycles. The van der Waals surface area contributed by atoms with Gasteiger partial charge in [-0.25, -0.2) is 9.97 Å². The number of hydrogen-bond acceptors (Lipinski definition) is 8. The van der Waals surface area contributed by atoms with Crippen molar-refractivity contribution in [1.29, 1.82) is 0 Å². The van der Waals surface area contributed by atoms with E-state index in [1.807, 2.05) is 18.6 Å². The molecule has 8 heteroatoms. The van der Waals surface area contributed by atoms with Crippen molar-refractivity contribution in [2.75, 3.05) is 12.8 Å². The molecule has 0 aliphatic heterocycles. The summed E-state index contributed by atoms with van der Waals surface area (Å²) in [5.41, 5.74) is 1.09. The second kappa shape index (κ2) is 7.03. The average Bonchev–Trinajstić information content (AvgIpc) is 2.86. The molecule has 2 aromatic heterocycles. The Hall–Kier alpha value is -0.700. The smallest absolute Gasteiger partial charge is 0.194 e. The fourth-order valence-corrected chi connectivity index (χ4v) is 3.39. The highest BCUT2D eigenvalue weighted by Crippen LogP contribution is 2.30. The molecule has 0 bridgehead atoms. The monoisotopic (exact) mass is 299 g/mol. The molecule has 0 saturated heterocycles. The normalized spacial score (nSPS) is 10.8. The van der Waals surface area contributed by atoms with Crippen LogP contribution in [0, 0.1) is 0 Å². The van der Waals surface area contributed by atoms with E-state index in [0.29, 0.717) is 5.16 Å². The standard InChI is InChI=1S/C10H13N5S3/c1-3-11-4-7-5-12-8(13-6-7)17-10-15-14-9(16-2)18-10/h5-6,11H,3-4H2,1-2H3. The van der Waals surface area contributed by atoms with Gasteiger partial charge in [0.1, 0.15) is 0 Å². The van der Waals surface area contributed by atoms with Gasteiger partial charge in [-0.2, -0.15) is 0 Å². The van der Waals surface area contributed by atoms with Gasteiger partial charge in [0.05, 0.1) is 0 Å². The number of aromatic nitrogens is 4. The zero-order valence-corrected chi connectivity index (χ0v) is 12.5. The van der Waals surface area contributed by atoms with Gasteiger partial charge >= 0.3 is 0 Å². The van der Waals surface area contributed by atoms with E-state index in [0.717, 1.165) is 27.3 Å². The first-order chi connectivity index (χ1) is 8.81. The number of nitrogens with one attached hydrogen (secondary N) is 1. The first-order valence-corrected chi connectivity index (χ1v) is 8.24. The van der Waals surface area contributed by atoms with Gasteiger partial charge in [-0.05, 0) is 24.6 Å². The van der Waals surface area contributed by atoms with E-state index >= 15 is 0 Å². The van der Waals surface area contributed by atoms with Gasteiger partial charge in [-0.3, -0.25) is 0 Å². The summed E-state index contributed by atoms with van der Waals surface area (Å²) in [5, 5.41) is 12.0. The summed E-state index contributed by atoms with van der Waals surface area (Å²) >= 11 is 4.60. The lowest BCUT2D eigenvalue weighted by Crippen LogP contribution is -2.12. The van der Waals surface area contributed by atoms with Gasteiger partial charge in [0.2, 0.25) is 0 Å². The Balaban J connectivity index is 1.97. The minimum absolute atomic E-state index is 0.707. The second-order valence-electron chi connectivity index (χ2n) is 3.29. The van der Waals surface area contributed by atoms with E-state index in [9.17, 15) is 0 Å². The van der Waals surface area contributed by atoms with Crippen LogP contribution < -0.4 is 5.32 Å². The van der Waals surface area contributed by atoms with Crippen molar-refractivity contribution in [2.45, 2.75) is 27.3 Å². The van der Waals surface area contributed by atoms with E-state index in [-0.39, 0.29) is 0 Å². The molecule has 0 aliphatic carbocycles. The predicted molar refractivity (Wildman–Crippen MR) is 75.2 cm³/mol. The molecular formula is C10H13N5S3. The third kappa shape index (κ3) is 3.91. The molecule has 0 spiro atoms. The van der Waals surface area contributed by atoms with Crippen LogP contribution in [0.15, 0.2) is 26.2 Å². The Morgan fingerprint density at radius 3 is 2.56 bits per heavy atom. The molecule has 0 unspecified atom stereocenters. The maximum Gasteiger partial charge on any atom is 0.194 e. The third-order valence-electron chi connectivity index (χ3n) is 2.00. The molecule has 2 rings (SSSR count). The summed E-state index contributed by atoms with van der Waals surface area (Å²) in [5.74, 6) is 0. The lowest BCUT2D eigenvalue weighted by atomic mass is 10.3. The quantitative estimate of drug-likeness (QED) is 0.648. The van der Waals surface area contributed by atoms with Crippen molar-refractivity contribution in [3.05, 3.63) is 18.0 Å². The summed E-state index contributed by atoms with van der Waals surface area (Å²) < 4.78 is 1.83. The van der Waals surface area contributed by atoms with Crippen LogP contribution in [0.1, 0.15) is 12.5 Å². The van der Waals surface area contributed by atoms with Gasteiger partial charge in [0.15, 0.2) is 13.8 Å². The van der Waals surface area contributed by atoms with Crippen LogP contribution in [0.2, 0.25) is 0 Å². The Morgan fingerprint density at radius 2 is 1.94 bits per heavy atom. The van der Waals surface area contributed by atoms with Crippen molar-refractivity contribution in [1.82, 2.24) is 25.5 Å². The van der Waals surface area contributed by atoms with E-state index in [1.54, 1.807) is 23.1 Å². The van der Waals surface area contributed by atoms with Crippen LogP contribution in [-0.4, -0.2) is 33.0 Å². The van der Waals surface area contributed by atoms with E-state index in [4.69, 9.17) is 0 Å². The average molecular weight is 299 g/mol. The van der Waals surface area contributed by atoms with Gasteiger partial charge in [0, 0.05) is 24.5 Å². The molecule has 0 saturated carbocycles. The molecule has 96 valence electrons. The number of rotatable bonds is 6. The minimum atomic E-state index is 0.707. The van der Waals surface area contributed by atoms with Crippen LogP contribution in [0.4, 0.5) is 0 Å². The SMILES string of the molecule is CCNCc1cnc(Sc2nnc(SC)s2)nc1. The second-order valence-corrected chi connectivity index (χ2v) is 6.54. The Bertz CT molecular complexity index is 485. The van der Waals surface area contributed by atoms with Crippen LogP contribution in [0.5, 0.6) is 0 Å². The Kier molecular flexibility index (Phi) is 5.36. The molecule has 0 fully saturated rings. The largest absolute Gasteiger partial charge is 0.313 e. The minimum Gasteiger partial charge on any atom is -0.313 e. The lowest BCUT2D eigenvalue weighted by molar-refractivity contribution is 0.716. The van der Waals surface area contributed by atoms with E-state index in [2.05, 4.69) is 32.4 Å². The maximum absolute atomic E-state index is 4.31. The highest BCUT2D eigenvalue weighted by Gasteiger charge is 2.07. The molecule has 0 aromatic carbocycles. The molecule has 1 N–H and O–H groups in total. The molecule has 0 atom stereocenters. The number of thioether (sulfide) groups is 1. The van der Waals surface area contributed by atoms with Gasteiger partial charge in [-0.1, -0.05) is 30.0 Å². The molecule has 0 radical (unpaired) electrons. The highest BCUT2D eigenvalue weighted by molar-refractivity contribution is 8.02. The van der Waals surface area contributed by atoms with Gasteiger partial charge in [-0.15, -0.1) is 10.2 Å². The fraction of sp³-hybridized carbons (Fsp3) is 0.400. The summed E-state index contributed by atoms with van der Waals surface area (Å²) in [4.78, 5) is 8.61. The van der Waals surface area contributed by atoms with Crippen LogP contribution in [0.3, 0.4) is 0 Å². The fourth-order valence-electron chi connectivity index (χ4n) is 1.16. The molecule has 5 nitrogen and oxygen atoms in total. The van der Waals surface area contributed by atoms with Crippen molar-refractivity contribution in [3.63, 3.8) is 0 Å². The van der Waals surface area contributed by atoms with Crippen LogP contribution >= 0.6 is 34.9 Å². The van der Waals surface area contributed by atoms with Gasteiger partial charge < -0.3 is 5.32 Å². The molecule has 0 amide bonds. The topological polar surface area (TPSA) is 63.6 Å². The highest BCUT2D eigenvalue weighted by atomic mass is 32.2. The van der Waals surface area contributed by atoms with E-state index in [1.165, 1.54) is 11.8 Å². The first-order valence-electron chi connectivity index (χ1n) is 5.38. The zero-order chi connectivity index (χ0) is 12.8. The lowest BCUT2D eigenvalue weighted by Gasteiger charge is -2.01. The predicted octanol–water partition coefficient (Wildman–Crippen LogP) is 2.31. The van der Waals surface area contributed by atoms with Crippen molar-refractivity contribution < 1.29 is 0 Å². The molecule has 0 aliphatic rings. The van der Waals surface area contributed by atoms with Crippen molar-refractivity contribution in [3.8, 4) is 0 Å². The zero-order valence-electron chi connectivity index (χ0n) is 10.1. The Labute approximate surface area is 118 Å². The Morgan fingerprint density at radius 1 is 1.22 bits per heavy atom. The maximum atomic E-state index is 4.31. The summed E-state index contributed by atoms with van der Waals surface area (Å²) in [7, 11) is 0. The molecule has 2 aromatic rings. The van der Waals surface area contributed by atoms with Crippen molar-refractivity contribution in [2.24, 2.45) is 0 Å². The molecule has 18 heavy (non-hydrogen) atoms. The summed E-state index contributed by atoms with van der Waals surface area (Å²) in [6.45, 7) is 3.82. The van der Waals surface area contributed by atoms with E-state index < -0.39 is 0 Å². The number of hydrogen-bond donors (Lipinski definition) is 1. The third-order valence-corrected chi connectivity index (χ3v) is 4.84. The summed E-state index contributed by atoms with van der Waals surface area (Å²) in [6.07, 6.45) is 5.67. The first kappa shape index (κ1) is 13.7. The number of nitrogens with zero attached hydrogens (tertiary/aromatic N) is 4. The molecular weight excluding hydrogens is 286 g/mol. The van der Waals surface area contributed by atoms with Crippen molar-refractivity contribution >= 4 is 34.9 Å². The van der Waals surface area contributed by atoms with Crippen LogP contribution in [0.25, 0.3) is 0 Å².